The third kappa shape index (κ3) is 3.00. The Bertz CT molecular complexity index is 413. The monoisotopic (exact) mass is 249 g/mol. The fraction of sp³-hybridized carbons (Fsp3) is 0.571. The van der Waals surface area contributed by atoms with Gasteiger partial charge in [-0.2, -0.15) is 0 Å². The van der Waals surface area contributed by atoms with Crippen molar-refractivity contribution in [2.45, 2.75) is 45.1 Å². The van der Waals surface area contributed by atoms with Gasteiger partial charge in [0.25, 0.3) is 0 Å². The zero-order valence-corrected chi connectivity index (χ0v) is 10.6. The van der Waals surface area contributed by atoms with Crippen molar-refractivity contribution in [3.8, 4) is 5.75 Å². The van der Waals surface area contributed by atoms with E-state index in [2.05, 4.69) is 4.98 Å². The minimum atomic E-state index is -1.04. The maximum atomic E-state index is 11.0. The number of hydrogen-bond donors (Lipinski definition) is 1. The number of ether oxygens (including phenoxy) is 1. The number of aromatic carboxylic acids is 1. The summed E-state index contributed by atoms with van der Waals surface area (Å²) in [4.78, 5) is 14.9. The molecule has 4 nitrogen and oxygen atoms in total. The molecule has 0 amide bonds. The van der Waals surface area contributed by atoms with Crippen molar-refractivity contribution in [2.24, 2.45) is 5.92 Å². The first kappa shape index (κ1) is 12.9. The Labute approximate surface area is 107 Å². The lowest BCUT2D eigenvalue weighted by atomic mass is 9.86. The van der Waals surface area contributed by atoms with Crippen molar-refractivity contribution in [1.82, 2.24) is 4.98 Å². The lowest BCUT2D eigenvalue weighted by Gasteiger charge is -2.28. The fourth-order valence-electron chi connectivity index (χ4n) is 2.55. The summed E-state index contributed by atoms with van der Waals surface area (Å²) in [6.45, 7) is 2.02. The third-order valence-corrected chi connectivity index (χ3v) is 3.60. The fourth-order valence-corrected chi connectivity index (χ4v) is 2.55. The van der Waals surface area contributed by atoms with Crippen LogP contribution in [-0.4, -0.2) is 22.2 Å². The lowest BCUT2D eigenvalue weighted by molar-refractivity contribution is 0.0674. The van der Waals surface area contributed by atoms with Gasteiger partial charge in [-0.3, -0.25) is 0 Å². The van der Waals surface area contributed by atoms with Crippen LogP contribution in [0.4, 0.5) is 0 Å². The molecule has 1 fully saturated rings. The average Bonchev–Trinajstić information content (AvgIpc) is 2.40. The van der Waals surface area contributed by atoms with Gasteiger partial charge in [-0.25, -0.2) is 9.78 Å². The first-order chi connectivity index (χ1) is 8.68. The molecule has 0 saturated heterocycles. The summed E-state index contributed by atoms with van der Waals surface area (Å²) in [5, 5.41) is 9.05. The summed E-state index contributed by atoms with van der Waals surface area (Å²) in [6.07, 6.45) is 7.66. The molecule has 0 aromatic carbocycles. The standard InChI is InChI=1S/C14H19NO3/c1-10(11-6-3-2-4-7-11)18-12-8-5-9-15-13(12)14(16)17/h5,8-11H,2-4,6-7H2,1H3,(H,16,17). The number of carboxylic acids is 1. The average molecular weight is 249 g/mol. The molecule has 1 saturated carbocycles. The Morgan fingerprint density at radius 2 is 2.17 bits per heavy atom. The first-order valence-electron chi connectivity index (χ1n) is 6.53. The van der Waals surface area contributed by atoms with E-state index in [0.717, 1.165) is 0 Å². The second-order valence-electron chi connectivity index (χ2n) is 4.88. The molecule has 18 heavy (non-hydrogen) atoms. The number of nitrogens with zero attached hydrogens (tertiary/aromatic N) is 1. The van der Waals surface area contributed by atoms with Gasteiger partial charge >= 0.3 is 5.97 Å². The number of carboxylic acid groups (broad SMARTS) is 1. The van der Waals surface area contributed by atoms with E-state index in [1.807, 2.05) is 6.92 Å². The second-order valence-corrected chi connectivity index (χ2v) is 4.88. The van der Waals surface area contributed by atoms with Crippen LogP contribution in [0.1, 0.15) is 49.5 Å². The third-order valence-electron chi connectivity index (χ3n) is 3.60. The highest BCUT2D eigenvalue weighted by molar-refractivity contribution is 5.88. The number of rotatable bonds is 4. The van der Waals surface area contributed by atoms with Gasteiger partial charge in [0, 0.05) is 6.20 Å². The predicted molar refractivity (Wildman–Crippen MR) is 67.9 cm³/mol. The summed E-state index contributed by atoms with van der Waals surface area (Å²) in [5.74, 6) is -0.134. The molecule has 1 N–H and O–H groups in total. The first-order valence-corrected chi connectivity index (χ1v) is 6.53. The van der Waals surface area contributed by atoms with Crippen molar-refractivity contribution >= 4 is 5.97 Å². The zero-order chi connectivity index (χ0) is 13.0. The Hall–Kier alpha value is -1.58. The molecule has 2 rings (SSSR count). The summed E-state index contributed by atoms with van der Waals surface area (Å²) >= 11 is 0. The molecule has 98 valence electrons. The van der Waals surface area contributed by atoms with Crippen molar-refractivity contribution in [3.63, 3.8) is 0 Å². The van der Waals surface area contributed by atoms with Gasteiger partial charge in [0.2, 0.25) is 0 Å². The van der Waals surface area contributed by atoms with Gasteiger partial charge in [-0.05, 0) is 37.8 Å². The van der Waals surface area contributed by atoms with Crippen LogP contribution in [0, 0.1) is 5.92 Å². The van der Waals surface area contributed by atoms with Crippen molar-refractivity contribution in [3.05, 3.63) is 24.0 Å². The van der Waals surface area contributed by atoms with Crippen LogP contribution in [0.3, 0.4) is 0 Å². The summed E-state index contributed by atoms with van der Waals surface area (Å²) in [5.41, 5.74) is 0.000148. The molecule has 1 heterocycles. The molecule has 0 spiro atoms. The zero-order valence-electron chi connectivity index (χ0n) is 10.6. The Balaban J connectivity index is 2.06. The Morgan fingerprint density at radius 1 is 1.44 bits per heavy atom. The van der Waals surface area contributed by atoms with Crippen LogP contribution in [0.2, 0.25) is 0 Å². The van der Waals surface area contributed by atoms with E-state index in [9.17, 15) is 4.79 Å². The van der Waals surface area contributed by atoms with E-state index in [0.29, 0.717) is 11.7 Å². The summed E-state index contributed by atoms with van der Waals surface area (Å²) < 4.78 is 5.80. The quantitative estimate of drug-likeness (QED) is 0.890. The molecule has 1 unspecified atom stereocenters. The number of hydrogen-bond acceptors (Lipinski definition) is 3. The van der Waals surface area contributed by atoms with Gasteiger partial charge in [0.1, 0.15) is 0 Å². The Morgan fingerprint density at radius 3 is 2.83 bits per heavy atom. The molecule has 0 bridgehead atoms. The van der Waals surface area contributed by atoms with E-state index in [-0.39, 0.29) is 11.8 Å². The SMILES string of the molecule is CC(Oc1cccnc1C(=O)O)C1CCCCC1. The van der Waals surface area contributed by atoms with Crippen LogP contribution in [0.15, 0.2) is 18.3 Å². The molecule has 1 aromatic heterocycles. The lowest BCUT2D eigenvalue weighted by Crippen LogP contribution is -2.26. The second kappa shape index (κ2) is 5.85. The molecule has 0 radical (unpaired) electrons. The van der Waals surface area contributed by atoms with Crippen molar-refractivity contribution < 1.29 is 14.6 Å². The summed E-state index contributed by atoms with van der Waals surface area (Å²) in [7, 11) is 0. The van der Waals surface area contributed by atoms with E-state index < -0.39 is 5.97 Å². The van der Waals surface area contributed by atoms with Gasteiger partial charge in [0.05, 0.1) is 6.10 Å². The maximum absolute atomic E-state index is 11.0. The highest BCUT2D eigenvalue weighted by Crippen LogP contribution is 2.29. The van der Waals surface area contributed by atoms with Crippen LogP contribution in [0.25, 0.3) is 0 Å². The van der Waals surface area contributed by atoms with Gasteiger partial charge in [-0.1, -0.05) is 19.3 Å². The number of carbonyl (C=O) groups is 1. The van der Waals surface area contributed by atoms with Crippen LogP contribution < -0.4 is 4.74 Å². The van der Waals surface area contributed by atoms with Crippen LogP contribution in [0.5, 0.6) is 5.75 Å². The number of aromatic nitrogens is 1. The minimum Gasteiger partial charge on any atom is -0.488 e. The maximum Gasteiger partial charge on any atom is 0.358 e. The predicted octanol–water partition coefficient (Wildman–Crippen LogP) is 3.13. The molecular weight excluding hydrogens is 230 g/mol. The molecule has 1 aliphatic rings. The van der Waals surface area contributed by atoms with Gasteiger partial charge in [-0.15, -0.1) is 0 Å². The van der Waals surface area contributed by atoms with Gasteiger partial charge < -0.3 is 9.84 Å². The van der Waals surface area contributed by atoms with E-state index in [1.165, 1.54) is 38.3 Å². The smallest absolute Gasteiger partial charge is 0.358 e. The Kier molecular flexibility index (Phi) is 4.18. The van der Waals surface area contributed by atoms with Gasteiger partial charge in [0.15, 0.2) is 11.4 Å². The van der Waals surface area contributed by atoms with Crippen molar-refractivity contribution in [1.29, 1.82) is 0 Å². The largest absolute Gasteiger partial charge is 0.488 e. The highest BCUT2D eigenvalue weighted by Gasteiger charge is 2.23. The summed E-state index contributed by atoms with van der Waals surface area (Å²) in [6, 6.07) is 3.38. The minimum absolute atomic E-state index is 0.000148. The van der Waals surface area contributed by atoms with E-state index in [4.69, 9.17) is 9.84 Å². The van der Waals surface area contributed by atoms with E-state index >= 15 is 0 Å². The molecule has 1 aromatic rings. The molecule has 0 aliphatic heterocycles. The van der Waals surface area contributed by atoms with Crippen LogP contribution >= 0.6 is 0 Å². The topological polar surface area (TPSA) is 59.4 Å². The molecular formula is C14H19NO3. The normalized spacial score (nSPS) is 18.3. The molecule has 1 atom stereocenters. The molecule has 4 heteroatoms. The van der Waals surface area contributed by atoms with E-state index in [1.54, 1.807) is 12.1 Å². The highest BCUT2D eigenvalue weighted by atomic mass is 16.5. The number of pyridine rings is 1. The van der Waals surface area contributed by atoms with Crippen LogP contribution in [-0.2, 0) is 0 Å². The van der Waals surface area contributed by atoms with Crippen molar-refractivity contribution in [2.75, 3.05) is 0 Å². The molecule has 1 aliphatic carbocycles.